The molecule has 0 saturated heterocycles. The first-order valence-electron chi connectivity index (χ1n) is 8.97. The number of rotatable bonds is 5. The highest BCUT2D eigenvalue weighted by Crippen LogP contribution is 2.32. The van der Waals surface area contributed by atoms with Gasteiger partial charge in [0.1, 0.15) is 10.3 Å². The maximum Gasteiger partial charge on any atom is 0.255 e. The number of nitrogens with zero attached hydrogens (tertiary/aromatic N) is 3. The molecule has 0 saturated carbocycles. The highest BCUT2D eigenvalue weighted by molar-refractivity contribution is 7.99. The lowest BCUT2D eigenvalue weighted by molar-refractivity contribution is 0.102. The molecule has 0 bridgehead atoms. The summed E-state index contributed by atoms with van der Waals surface area (Å²) in [5.41, 5.74) is 2.79. The van der Waals surface area contributed by atoms with Gasteiger partial charge in [0.25, 0.3) is 5.91 Å². The normalized spacial score (nSPS) is 10.7. The Labute approximate surface area is 197 Å². The fourth-order valence-electron chi connectivity index (χ4n) is 2.71. The van der Waals surface area contributed by atoms with Gasteiger partial charge in [-0.25, -0.2) is 15.0 Å². The van der Waals surface area contributed by atoms with Gasteiger partial charge in [0.2, 0.25) is 0 Å². The minimum Gasteiger partial charge on any atom is -0.321 e. The number of carbonyl (C=O) groups excluding carboxylic acids is 1. The molecule has 0 fully saturated rings. The summed E-state index contributed by atoms with van der Waals surface area (Å²) in [6, 6.07) is 17.8. The van der Waals surface area contributed by atoms with Crippen LogP contribution in [0, 0.1) is 0 Å². The highest BCUT2D eigenvalue weighted by Gasteiger charge is 2.13. The molecule has 1 amide bonds. The van der Waals surface area contributed by atoms with Crippen LogP contribution in [-0.2, 0) is 0 Å². The van der Waals surface area contributed by atoms with E-state index in [1.807, 2.05) is 42.5 Å². The Morgan fingerprint density at radius 3 is 2.16 bits per heavy atom. The first-order valence-corrected chi connectivity index (χ1v) is 10.9. The number of anilines is 1. The summed E-state index contributed by atoms with van der Waals surface area (Å²) >= 11 is 19.1. The molecule has 4 rings (SSSR count). The molecule has 0 unspecified atom stereocenters. The molecule has 1 N–H and O–H groups in total. The Kier molecular flexibility index (Phi) is 6.73. The van der Waals surface area contributed by atoms with E-state index in [1.54, 1.807) is 18.5 Å². The Bertz CT molecular complexity index is 1210. The van der Waals surface area contributed by atoms with Crippen LogP contribution in [0.4, 0.5) is 5.69 Å². The van der Waals surface area contributed by atoms with Crippen LogP contribution >= 0.6 is 46.6 Å². The zero-order chi connectivity index (χ0) is 21.8. The van der Waals surface area contributed by atoms with Crippen LogP contribution in [-0.4, -0.2) is 20.9 Å². The van der Waals surface area contributed by atoms with Gasteiger partial charge in [-0.2, -0.15) is 0 Å². The van der Waals surface area contributed by atoms with Crippen molar-refractivity contribution in [3.8, 4) is 11.1 Å². The molecule has 31 heavy (non-hydrogen) atoms. The Balaban J connectivity index is 1.52. The minimum absolute atomic E-state index is 0.148. The van der Waals surface area contributed by atoms with E-state index in [0.29, 0.717) is 21.4 Å². The first kappa shape index (κ1) is 21.6. The summed E-state index contributed by atoms with van der Waals surface area (Å²) < 4.78 is 0. The maximum absolute atomic E-state index is 12.6. The van der Waals surface area contributed by atoms with Gasteiger partial charge in [0, 0.05) is 33.4 Å². The van der Waals surface area contributed by atoms with Crippen molar-refractivity contribution in [1.29, 1.82) is 0 Å². The topological polar surface area (TPSA) is 67.8 Å². The molecule has 0 aliphatic rings. The second-order valence-electron chi connectivity index (χ2n) is 6.31. The van der Waals surface area contributed by atoms with Crippen molar-refractivity contribution in [2.24, 2.45) is 0 Å². The van der Waals surface area contributed by atoms with E-state index in [0.717, 1.165) is 16.0 Å². The predicted molar refractivity (Wildman–Crippen MR) is 125 cm³/mol. The second-order valence-corrected chi connectivity index (χ2v) is 8.53. The molecule has 9 heteroatoms. The second kappa shape index (κ2) is 9.66. The fourth-order valence-corrected chi connectivity index (χ4v) is 4.08. The maximum atomic E-state index is 12.6. The summed E-state index contributed by atoms with van der Waals surface area (Å²) in [7, 11) is 0. The lowest BCUT2D eigenvalue weighted by atomic mass is 10.1. The van der Waals surface area contributed by atoms with Crippen molar-refractivity contribution in [2.45, 2.75) is 10.1 Å². The van der Waals surface area contributed by atoms with Crippen molar-refractivity contribution < 1.29 is 4.79 Å². The zero-order valence-electron chi connectivity index (χ0n) is 15.7. The molecule has 154 valence electrons. The van der Waals surface area contributed by atoms with Crippen molar-refractivity contribution in [2.75, 3.05) is 5.32 Å². The third kappa shape index (κ3) is 5.54. The van der Waals surface area contributed by atoms with Crippen LogP contribution in [0.25, 0.3) is 11.1 Å². The van der Waals surface area contributed by atoms with E-state index in [2.05, 4.69) is 20.3 Å². The van der Waals surface area contributed by atoms with Crippen LogP contribution < -0.4 is 5.32 Å². The molecule has 4 aromatic rings. The third-order valence-electron chi connectivity index (χ3n) is 4.17. The molecule has 0 aliphatic carbocycles. The predicted octanol–water partition coefficient (Wildman–Crippen LogP) is 6.90. The summed E-state index contributed by atoms with van der Waals surface area (Å²) in [5, 5.41) is 4.39. The first-order chi connectivity index (χ1) is 15.0. The number of carbonyl (C=O) groups is 1. The van der Waals surface area contributed by atoms with Crippen molar-refractivity contribution in [3.05, 3.63) is 93.9 Å². The van der Waals surface area contributed by atoms with Gasteiger partial charge >= 0.3 is 0 Å². The van der Waals surface area contributed by atoms with Crippen molar-refractivity contribution >= 4 is 58.2 Å². The van der Waals surface area contributed by atoms with E-state index >= 15 is 0 Å². The van der Waals surface area contributed by atoms with Crippen molar-refractivity contribution in [1.82, 2.24) is 15.0 Å². The number of hydrogen-bond acceptors (Lipinski definition) is 5. The molecule has 2 aromatic heterocycles. The molecule has 0 spiro atoms. The molecule has 2 aromatic carbocycles. The van der Waals surface area contributed by atoms with Gasteiger partial charge in [-0.05, 0) is 53.7 Å². The van der Waals surface area contributed by atoms with E-state index in [-0.39, 0.29) is 16.2 Å². The van der Waals surface area contributed by atoms with Crippen LogP contribution in [0.3, 0.4) is 0 Å². The quantitative estimate of drug-likeness (QED) is 0.245. The molecular formula is C22H13Cl3N4OS. The summed E-state index contributed by atoms with van der Waals surface area (Å²) in [5.74, 6) is -0.349. The van der Waals surface area contributed by atoms with Gasteiger partial charge in [-0.15, -0.1) is 0 Å². The number of para-hydroxylation sites is 1. The number of pyridine rings is 1. The van der Waals surface area contributed by atoms with Crippen LogP contribution in [0.2, 0.25) is 15.3 Å². The van der Waals surface area contributed by atoms with Gasteiger partial charge in [-0.1, -0.05) is 59.1 Å². The van der Waals surface area contributed by atoms with Gasteiger partial charge in [0.15, 0.2) is 5.16 Å². The smallest absolute Gasteiger partial charge is 0.255 e. The fraction of sp³-hybridized carbons (Fsp3) is 0. The number of amides is 1. The van der Waals surface area contributed by atoms with E-state index in [1.165, 1.54) is 23.9 Å². The zero-order valence-corrected chi connectivity index (χ0v) is 18.8. The van der Waals surface area contributed by atoms with Crippen LogP contribution in [0.15, 0.2) is 83.1 Å². The average Bonchev–Trinajstić information content (AvgIpc) is 2.75. The van der Waals surface area contributed by atoms with Crippen LogP contribution in [0.5, 0.6) is 0 Å². The number of nitrogens with one attached hydrogen (secondary N) is 1. The van der Waals surface area contributed by atoms with Crippen molar-refractivity contribution in [3.63, 3.8) is 0 Å². The molecular weight excluding hydrogens is 475 g/mol. The average molecular weight is 488 g/mol. The molecule has 0 radical (unpaired) electrons. The van der Waals surface area contributed by atoms with E-state index in [4.69, 9.17) is 34.8 Å². The minimum atomic E-state index is -0.349. The molecule has 2 heterocycles. The summed E-state index contributed by atoms with van der Waals surface area (Å²) in [6.07, 6.45) is 3.50. The SMILES string of the molecule is O=C(Nc1ccccc1Sc1ncc(-c2ccc(Cl)cc2)cn1)c1cc(Cl)nc(Cl)c1. The number of benzene rings is 2. The third-order valence-corrected chi connectivity index (χ3v) is 5.78. The Morgan fingerprint density at radius 2 is 1.48 bits per heavy atom. The number of aromatic nitrogens is 3. The lowest BCUT2D eigenvalue weighted by Gasteiger charge is -2.10. The monoisotopic (exact) mass is 486 g/mol. The lowest BCUT2D eigenvalue weighted by Crippen LogP contribution is -2.12. The highest BCUT2D eigenvalue weighted by atomic mass is 35.5. The van der Waals surface area contributed by atoms with Gasteiger partial charge in [-0.3, -0.25) is 4.79 Å². The number of hydrogen-bond donors (Lipinski definition) is 1. The Morgan fingerprint density at radius 1 is 0.839 bits per heavy atom. The number of halogens is 3. The van der Waals surface area contributed by atoms with E-state index in [9.17, 15) is 4.79 Å². The summed E-state index contributed by atoms with van der Waals surface area (Å²) in [4.78, 5) is 26.2. The van der Waals surface area contributed by atoms with Gasteiger partial charge in [0.05, 0.1) is 5.69 Å². The molecule has 0 aliphatic heterocycles. The van der Waals surface area contributed by atoms with Crippen LogP contribution in [0.1, 0.15) is 10.4 Å². The molecule has 5 nitrogen and oxygen atoms in total. The molecule has 0 atom stereocenters. The van der Waals surface area contributed by atoms with E-state index < -0.39 is 0 Å². The summed E-state index contributed by atoms with van der Waals surface area (Å²) in [6.45, 7) is 0. The Hall–Kier alpha value is -2.64. The largest absolute Gasteiger partial charge is 0.321 e. The van der Waals surface area contributed by atoms with Gasteiger partial charge < -0.3 is 5.32 Å². The standard InChI is InChI=1S/C22H13Cl3N4OS/c23-16-7-5-13(6-8-16)15-11-26-22(27-12-15)31-18-4-2-1-3-17(18)28-21(30)14-9-19(24)29-20(25)10-14/h1-12H,(H,28,30).